The third kappa shape index (κ3) is 6.30. The van der Waals surface area contributed by atoms with Crippen LogP contribution in [0.2, 0.25) is 5.02 Å². The average molecular weight is 499 g/mol. The van der Waals surface area contributed by atoms with Crippen LogP contribution in [0.4, 0.5) is 4.39 Å². The fourth-order valence-electron chi connectivity index (χ4n) is 5.15. The van der Waals surface area contributed by atoms with E-state index in [2.05, 4.69) is 9.88 Å². The van der Waals surface area contributed by atoms with Gasteiger partial charge in [0.25, 0.3) is 0 Å². The first-order valence-corrected chi connectivity index (χ1v) is 12.6. The molecule has 1 N–H and O–H groups in total. The first kappa shape index (κ1) is 25.4. The maximum absolute atomic E-state index is 15.4. The standard InChI is InChI=1S/C28H32ClFN2O3/c1-35-21-9-11-27-23(17-21)22(12-14-31-27)26(30)10-8-19-13-16-32(18-24(19)28(33)34)15-4-6-20-5-2-3-7-25(20)29/h2-3,5,7,9,11-12,14,17,19,24,26H,4,6,8,10,13,15-16,18H2,1H3,(H,33,34)/t19-,24+,26+/m1/s1. The lowest BCUT2D eigenvalue weighted by molar-refractivity contribution is -0.146. The number of likely N-dealkylation sites (tertiary alicyclic amines) is 1. The molecule has 1 aromatic heterocycles. The van der Waals surface area contributed by atoms with Gasteiger partial charge in [0.15, 0.2) is 0 Å². The van der Waals surface area contributed by atoms with Gasteiger partial charge in [0.2, 0.25) is 0 Å². The van der Waals surface area contributed by atoms with Crippen molar-refractivity contribution < 1.29 is 19.0 Å². The zero-order valence-electron chi connectivity index (χ0n) is 20.0. The molecule has 1 aliphatic rings. The summed E-state index contributed by atoms with van der Waals surface area (Å²) in [6.07, 6.45) is 3.82. The third-order valence-electron chi connectivity index (χ3n) is 7.15. The number of ether oxygens (including phenoxy) is 1. The largest absolute Gasteiger partial charge is 0.497 e. The highest BCUT2D eigenvalue weighted by atomic mass is 35.5. The monoisotopic (exact) mass is 498 g/mol. The average Bonchev–Trinajstić information content (AvgIpc) is 2.88. The second kappa shape index (κ2) is 11.8. The molecular weight excluding hydrogens is 467 g/mol. The summed E-state index contributed by atoms with van der Waals surface area (Å²) in [5.41, 5.74) is 2.42. The molecule has 4 rings (SSSR count). The van der Waals surface area contributed by atoms with E-state index in [1.54, 1.807) is 19.4 Å². The number of methoxy groups -OCH3 is 1. The van der Waals surface area contributed by atoms with Gasteiger partial charge in [0, 0.05) is 23.2 Å². The van der Waals surface area contributed by atoms with E-state index < -0.39 is 18.1 Å². The van der Waals surface area contributed by atoms with Crippen molar-refractivity contribution in [2.75, 3.05) is 26.7 Å². The number of carbonyl (C=O) groups is 1. The molecule has 35 heavy (non-hydrogen) atoms. The Kier molecular flexibility index (Phi) is 8.58. The van der Waals surface area contributed by atoms with Crippen molar-refractivity contribution >= 4 is 28.5 Å². The molecule has 0 radical (unpaired) electrons. The molecule has 2 heterocycles. The highest BCUT2D eigenvalue weighted by Gasteiger charge is 2.34. The lowest BCUT2D eigenvalue weighted by atomic mass is 9.81. The molecule has 0 unspecified atom stereocenters. The fraction of sp³-hybridized carbons (Fsp3) is 0.429. The van der Waals surface area contributed by atoms with Crippen molar-refractivity contribution in [1.29, 1.82) is 0 Å². The van der Waals surface area contributed by atoms with Gasteiger partial charge in [-0.05, 0) is 92.6 Å². The number of carboxylic acid groups (broad SMARTS) is 1. The van der Waals surface area contributed by atoms with Gasteiger partial charge in [-0.3, -0.25) is 9.78 Å². The Morgan fingerprint density at radius 3 is 2.89 bits per heavy atom. The molecule has 2 aromatic carbocycles. The number of hydrogen-bond acceptors (Lipinski definition) is 4. The summed E-state index contributed by atoms with van der Waals surface area (Å²) in [6, 6.07) is 15.0. The first-order valence-electron chi connectivity index (χ1n) is 12.2. The van der Waals surface area contributed by atoms with Crippen LogP contribution in [0.1, 0.15) is 43.0 Å². The zero-order chi connectivity index (χ0) is 24.8. The van der Waals surface area contributed by atoms with E-state index >= 15 is 4.39 Å². The molecule has 186 valence electrons. The molecule has 1 aliphatic heterocycles. The number of rotatable bonds is 10. The fourth-order valence-corrected chi connectivity index (χ4v) is 5.38. The Bertz CT molecular complexity index is 1160. The van der Waals surface area contributed by atoms with Gasteiger partial charge >= 0.3 is 5.97 Å². The molecular formula is C28H32ClFN2O3. The van der Waals surface area contributed by atoms with Gasteiger partial charge < -0.3 is 14.7 Å². The minimum absolute atomic E-state index is 0.0341. The Morgan fingerprint density at radius 1 is 1.29 bits per heavy atom. The van der Waals surface area contributed by atoms with E-state index in [0.29, 0.717) is 24.3 Å². The van der Waals surface area contributed by atoms with Crippen molar-refractivity contribution in [2.45, 2.75) is 38.3 Å². The number of alkyl halides is 1. The number of piperidine rings is 1. The van der Waals surface area contributed by atoms with Crippen LogP contribution in [0, 0.1) is 11.8 Å². The molecule has 1 saturated heterocycles. The van der Waals surface area contributed by atoms with Crippen molar-refractivity contribution in [3.63, 3.8) is 0 Å². The smallest absolute Gasteiger partial charge is 0.308 e. The summed E-state index contributed by atoms with van der Waals surface area (Å²) >= 11 is 6.25. The van der Waals surface area contributed by atoms with Gasteiger partial charge in [0.05, 0.1) is 18.5 Å². The van der Waals surface area contributed by atoms with Crippen LogP contribution in [-0.4, -0.2) is 47.7 Å². The normalized spacial score (nSPS) is 19.5. The molecule has 3 aromatic rings. The Hall–Kier alpha value is -2.70. The molecule has 7 heteroatoms. The lowest BCUT2D eigenvalue weighted by Gasteiger charge is -2.37. The van der Waals surface area contributed by atoms with E-state index in [1.165, 1.54) is 0 Å². The summed E-state index contributed by atoms with van der Waals surface area (Å²) in [6.45, 7) is 2.18. The second-order valence-electron chi connectivity index (χ2n) is 9.32. The number of aryl methyl sites for hydroxylation is 1. The number of benzene rings is 2. The highest BCUT2D eigenvalue weighted by Crippen LogP contribution is 2.35. The summed E-state index contributed by atoms with van der Waals surface area (Å²) < 4.78 is 20.7. The van der Waals surface area contributed by atoms with Crippen molar-refractivity contribution in [3.8, 4) is 5.75 Å². The third-order valence-corrected chi connectivity index (χ3v) is 7.52. The SMILES string of the molecule is COc1ccc2nccc([C@@H](F)CC[C@@H]3CCN(CCCc4ccccc4Cl)C[C@@H]3C(=O)O)c2c1. The van der Waals surface area contributed by atoms with Crippen LogP contribution >= 0.6 is 11.6 Å². The number of fused-ring (bicyclic) bond motifs is 1. The summed E-state index contributed by atoms with van der Waals surface area (Å²) in [5.74, 6) is -0.647. The summed E-state index contributed by atoms with van der Waals surface area (Å²) in [4.78, 5) is 18.6. The molecule has 0 amide bonds. The van der Waals surface area contributed by atoms with Crippen LogP contribution in [0.3, 0.4) is 0 Å². The molecule has 0 saturated carbocycles. The molecule has 0 aliphatic carbocycles. The zero-order valence-corrected chi connectivity index (χ0v) is 20.8. The Balaban J connectivity index is 1.34. The number of carboxylic acids is 1. The molecule has 3 atom stereocenters. The minimum atomic E-state index is -1.18. The molecule has 0 bridgehead atoms. The van der Waals surface area contributed by atoms with Gasteiger partial charge in [-0.25, -0.2) is 4.39 Å². The maximum Gasteiger partial charge on any atom is 0.308 e. The van der Waals surface area contributed by atoms with Gasteiger partial charge in [-0.15, -0.1) is 0 Å². The van der Waals surface area contributed by atoms with Crippen molar-refractivity contribution in [2.24, 2.45) is 11.8 Å². The second-order valence-corrected chi connectivity index (χ2v) is 9.72. The van der Waals surface area contributed by atoms with Crippen LogP contribution in [0.25, 0.3) is 10.9 Å². The van der Waals surface area contributed by atoms with E-state index in [0.717, 1.165) is 53.8 Å². The van der Waals surface area contributed by atoms with E-state index in [9.17, 15) is 9.90 Å². The number of hydrogen-bond donors (Lipinski definition) is 1. The van der Waals surface area contributed by atoms with Gasteiger partial charge in [-0.1, -0.05) is 29.8 Å². The number of aromatic nitrogens is 1. The Labute approximate surface area is 210 Å². The number of pyridine rings is 1. The van der Waals surface area contributed by atoms with Crippen LogP contribution in [0.5, 0.6) is 5.75 Å². The molecule has 1 fully saturated rings. The van der Waals surface area contributed by atoms with Crippen molar-refractivity contribution in [3.05, 3.63) is 70.9 Å². The molecule has 0 spiro atoms. The Morgan fingerprint density at radius 2 is 2.11 bits per heavy atom. The molecule has 5 nitrogen and oxygen atoms in total. The van der Waals surface area contributed by atoms with Gasteiger partial charge in [-0.2, -0.15) is 0 Å². The quantitative estimate of drug-likeness (QED) is 0.353. The van der Waals surface area contributed by atoms with E-state index in [1.807, 2.05) is 42.5 Å². The van der Waals surface area contributed by atoms with Crippen LogP contribution < -0.4 is 4.74 Å². The van der Waals surface area contributed by atoms with E-state index in [4.69, 9.17) is 16.3 Å². The van der Waals surface area contributed by atoms with E-state index in [-0.39, 0.29) is 12.3 Å². The minimum Gasteiger partial charge on any atom is -0.497 e. The predicted octanol–water partition coefficient (Wildman–Crippen LogP) is 6.34. The maximum atomic E-state index is 15.4. The topological polar surface area (TPSA) is 62.7 Å². The van der Waals surface area contributed by atoms with Gasteiger partial charge in [0.1, 0.15) is 11.9 Å². The van der Waals surface area contributed by atoms with Crippen LogP contribution in [0.15, 0.2) is 54.7 Å². The summed E-state index contributed by atoms with van der Waals surface area (Å²) in [5, 5.41) is 11.4. The predicted molar refractivity (Wildman–Crippen MR) is 137 cm³/mol. The number of nitrogens with zero attached hydrogens (tertiary/aromatic N) is 2. The number of halogens is 2. The van der Waals surface area contributed by atoms with Crippen molar-refractivity contribution in [1.82, 2.24) is 9.88 Å². The highest BCUT2D eigenvalue weighted by molar-refractivity contribution is 6.31. The first-order chi connectivity index (χ1) is 17.0. The summed E-state index contributed by atoms with van der Waals surface area (Å²) in [7, 11) is 1.58. The number of aliphatic carboxylic acids is 1. The van der Waals surface area contributed by atoms with Crippen LogP contribution in [-0.2, 0) is 11.2 Å². The lowest BCUT2D eigenvalue weighted by Crippen LogP contribution is -2.44.